The van der Waals surface area contributed by atoms with Gasteiger partial charge in [0.15, 0.2) is 0 Å². The van der Waals surface area contributed by atoms with Crippen molar-refractivity contribution in [2.75, 3.05) is 0 Å². The van der Waals surface area contributed by atoms with Crippen molar-refractivity contribution in [3.8, 4) is 0 Å². The van der Waals surface area contributed by atoms with Crippen molar-refractivity contribution >= 4 is 15.9 Å². The number of allylic oxidation sites excluding steroid dienone is 2. The van der Waals surface area contributed by atoms with Gasteiger partial charge in [-0.2, -0.15) is 0 Å². The second kappa shape index (κ2) is 2.67. The molecule has 0 bridgehead atoms. The Morgan fingerprint density at radius 1 is 1.25 bits per heavy atom. The van der Waals surface area contributed by atoms with Crippen LogP contribution in [0, 0.1) is 0 Å². The van der Waals surface area contributed by atoms with Gasteiger partial charge in [0.05, 0.1) is 0 Å². The van der Waals surface area contributed by atoms with Gasteiger partial charge in [0.25, 0.3) is 0 Å². The van der Waals surface area contributed by atoms with Gasteiger partial charge in [0, 0.05) is 0 Å². The third kappa shape index (κ3) is 1.35. The topological polar surface area (TPSA) is 0 Å². The first-order valence-corrected chi connectivity index (χ1v) is 3.94. The lowest BCUT2D eigenvalue weighted by atomic mass is 10.0. The van der Waals surface area contributed by atoms with Crippen LogP contribution in [0.15, 0.2) is 10.1 Å². The maximum Gasteiger partial charge on any atom is -0.00601 e. The van der Waals surface area contributed by atoms with Gasteiger partial charge in [-0.25, -0.2) is 0 Å². The van der Waals surface area contributed by atoms with Crippen molar-refractivity contribution in [2.24, 2.45) is 0 Å². The summed E-state index contributed by atoms with van der Waals surface area (Å²) in [7, 11) is 0. The number of hydrogen-bond acceptors (Lipinski definition) is 0. The lowest BCUT2D eigenvalue weighted by molar-refractivity contribution is 0.696. The lowest BCUT2D eigenvalue weighted by Crippen LogP contribution is -1.90. The fourth-order valence-electron chi connectivity index (χ4n) is 1.02. The monoisotopic (exact) mass is 174 g/mol. The van der Waals surface area contributed by atoms with E-state index in [0.29, 0.717) is 0 Å². The van der Waals surface area contributed by atoms with Crippen LogP contribution in [0.5, 0.6) is 0 Å². The summed E-state index contributed by atoms with van der Waals surface area (Å²) in [6.45, 7) is 2.21. The molecule has 0 saturated carbocycles. The molecule has 0 aromatic heterocycles. The zero-order chi connectivity index (χ0) is 5.98. The van der Waals surface area contributed by atoms with Gasteiger partial charge in [-0.05, 0) is 37.1 Å². The predicted octanol–water partition coefficient (Wildman–Crippen LogP) is 3.23. The van der Waals surface area contributed by atoms with E-state index in [1.54, 1.807) is 5.57 Å². The van der Waals surface area contributed by atoms with E-state index >= 15 is 0 Å². The van der Waals surface area contributed by atoms with Gasteiger partial charge in [-0.1, -0.05) is 21.5 Å². The van der Waals surface area contributed by atoms with E-state index in [9.17, 15) is 0 Å². The molecular weight excluding hydrogens is 164 g/mol. The first-order valence-electron chi connectivity index (χ1n) is 3.15. The van der Waals surface area contributed by atoms with E-state index < -0.39 is 0 Å². The number of hydrogen-bond donors (Lipinski definition) is 0. The lowest BCUT2D eigenvalue weighted by Gasteiger charge is -2.11. The Kier molecular flexibility index (Phi) is 2.12. The Balaban J connectivity index is 2.60. The standard InChI is InChI=1S/C7H11Br/c1-6-4-2-3-5-7(6)8/h2-5H2,1H3. The van der Waals surface area contributed by atoms with Crippen LogP contribution in [0.1, 0.15) is 32.6 Å². The Hall–Kier alpha value is 0.220. The molecule has 0 atom stereocenters. The van der Waals surface area contributed by atoms with E-state index in [0.717, 1.165) is 0 Å². The van der Waals surface area contributed by atoms with Gasteiger partial charge in [-0.15, -0.1) is 0 Å². The normalized spacial score (nSPS) is 21.8. The minimum absolute atomic E-state index is 1.27. The third-order valence-electron chi connectivity index (χ3n) is 1.66. The molecule has 0 aromatic rings. The van der Waals surface area contributed by atoms with E-state index in [1.165, 1.54) is 30.2 Å². The summed E-state index contributed by atoms with van der Waals surface area (Å²) in [6.07, 6.45) is 5.34. The SMILES string of the molecule is CC1=C(Br)CCCC1. The summed E-state index contributed by atoms with van der Waals surface area (Å²) >= 11 is 3.53. The third-order valence-corrected chi connectivity index (χ3v) is 2.73. The second-order valence-corrected chi connectivity index (χ2v) is 3.35. The van der Waals surface area contributed by atoms with Crippen LogP contribution >= 0.6 is 15.9 Å². The zero-order valence-corrected chi connectivity index (χ0v) is 6.79. The summed E-state index contributed by atoms with van der Waals surface area (Å²) < 4.78 is 1.45. The van der Waals surface area contributed by atoms with Crippen molar-refractivity contribution in [3.63, 3.8) is 0 Å². The Morgan fingerprint density at radius 3 is 2.25 bits per heavy atom. The van der Waals surface area contributed by atoms with Gasteiger partial charge < -0.3 is 0 Å². The highest BCUT2D eigenvalue weighted by Gasteiger charge is 2.04. The van der Waals surface area contributed by atoms with Crippen LogP contribution in [0.4, 0.5) is 0 Å². The Bertz CT molecular complexity index is 99.6. The van der Waals surface area contributed by atoms with Crippen LogP contribution in [-0.2, 0) is 0 Å². The first kappa shape index (κ1) is 6.34. The van der Waals surface area contributed by atoms with Crippen LogP contribution < -0.4 is 0 Å². The second-order valence-electron chi connectivity index (χ2n) is 2.39. The molecule has 0 aliphatic heterocycles. The van der Waals surface area contributed by atoms with Gasteiger partial charge in [0.2, 0.25) is 0 Å². The molecule has 1 aliphatic rings. The quantitative estimate of drug-likeness (QED) is 0.530. The molecule has 0 N–H and O–H groups in total. The number of halogens is 1. The van der Waals surface area contributed by atoms with Crippen LogP contribution in [0.2, 0.25) is 0 Å². The molecule has 0 heterocycles. The molecule has 8 heavy (non-hydrogen) atoms. The van der Waals surface area contributed by atoms with Crippen molar-refractivity contribution in [1.82, 2.24) is 0 Å². The van der Waals surface area contributed by atoms with Crippen LogP contribution in [-0.4, -0.2) is 0 Å². The average molecular weight is 175 g/mol. The molecular formula is C7H11Br. The minimum atomic E-state index is 1.27. The summed E-state index contributed by atoms with van der Waals surface area (Å²) in [5, 5.41) is 0. The van der Waals surface area contributed by atoms with E-state index in [2.05, 4.69) is 22.9 Å². The molecule has 0 nitrogen and oxygen atoms in total. The molecule has 0 saturated heterocycles. The fraction of sp³-hybridized carbons (Fsp3) is 0.714. The zero-order valence-electron chi connectivity index (χ0n) is 5.21. The minimum Gasteiger partial charge on any atom is -0.0632 e. The summed E-state index contributed by atoms with van der Waals surface area (Å²) in [5.41, 5.74) is 1.55. The molecule has 0 radical (unpaired) electrons. The van der Waals surface area contributed by atoms with Crippen molar-refractivity contribution in [1.29, 1.82) is 0 Å². The number of rotatable bonds is 0. The van der Waals surface area contributed by atoms with E-state index in [4.69, 9.17) is 0 Å². The smallest absolute Gasteiger partial charge is 0.00601 e. The molecule has 1 heteroatoms. The molecule has 0 aromatic carbocycles. The first-order chi connectivity index (χ1) is 3.80. The summed E-state index contributed by atoms with van der Waals surface area (Å²) in [6, 6.07) is 0. The largest absolute Gasteiger partial charge is 0.0632 e. The molecule has 1 aliphatic carbocycles. The van der Waals surface area contributed by atoms with Crippen molar-refractivity contribution < 1.29 is 0 Å². The molecule has 0 unspecified atom stereocenters. The van der Waals surface area contributed by atoms with E-state index in [-0.39, 0.29) is 0 Å². The Morgan fingerprint density at radius 2 is 1.88 bits per heavy atom. The highest BCUT2D eigenvalue weighted by Crippen LogP contribution is 2.27. The van der Waals surface area contributed by atoms with Crippen molar-refractivity contribution in [3.05, 3.63) is 10.1 Å². The Labute approximate surface area is 59.1 Å². The maximum atomic E-state index is 3.53. The molecule has 0 spiro atoms. The maximum absolute atomic E-state index is 3.53. The van der Waals surface area contributed by atoms with Crippen LogP contribution in [0.25, 0.3) is 0 Å². The average Bonchev–Trinajstić information content (AvgIpc) is 1.77. The fourth-order valence-corrected chi connectivity index (χ4v) is 1.50. The molecule has 0 amide bonds. The van der Waals surface area contributed by atoms with E-state index in [1.807, 2.05) is 0 Å². The summed E-state index contributed by atoms with van der Waals surface area (Å²) in [5.74, 6) is 0. The highest BCUT2D eigenvalue weighted by molar-refractivity contribution is 9.11. The molecule has 46 valence electrons. The molecule has 0 fully saturated rings. The summed E-state index contributed by atoms with van der Waals surface area (Å²) in [4.78, 5) is 0. The molecule has 1 rings (SSSR count). The highest BCUT2D eigenvalue weighted by atomic mass is 79.9. The van der Waals surface area contributed by atoms with Gasteiger partial charge >= 0.3 is 0 Å². The van der Waals surface area contributed by atoms with Crippen molar-refractivity contribution in [2.45, 2.75) is 32.6 Å². The predicted molar refractivity (Wildman–Crippen MR) is 40.1 cm³/mol. The van der Waals surface area contributed by atoms with Gasteiger partial charge in [-0.3, -0.25) is 0 Å². The van der Waals surface area contributed by atoms with Gasteiger partial charge in [0.1, 0.15) is 0 Å². The van der Waals surface area contributed by atoms with Crippen LogP contribution in [0.3, 0.4) is 0 Å².